The number of rotatable bonds is 12. The molecule has 12 nitrogen and oxygen atoms in total. The van der Waals surface area contributed by atoms with Crippen LogP contribution in [0.25, 0.3) is 0 Å². The molecule has 0 aromatic carbocycles. The molecule has 2 aliphatic carbocycles. The fraction of sp³-hybridized carbons (Fsp3) is 0.760. The van der Waals surface area contributed by atoms with E-state index >= 15 is 0 Å². The molecule has 2 saturated carbocycles. The first kappa shape index (κ1) is 28.4. The van der Waals surface area contributed by atoms with Gasteiger partial charge in [-0.05, 0) is 49.4 Å². The Morgan fingerprint density at radius 1 is 0.973 bits per heavy atom. The molecular weight excluding hydrogens is 482 g/mol. The fourth-order valence-corrected chi connectivity index (χ4v) is 4.36. The Morgan fingerprint density at radius 3 is 2.19 bits per heavy atom. The zero-order valence-corrected chi connectivity index (χ0v) is 21.8. The standard InChI is InChI=1S/C25H39N5O7/c1-25(2,3)20(29-24(36)27-12-18(31)37-13-15-8-9-15)23(35)30-10-4-5-17(30)22(34)28-16(11-14-6-7-14)19(32)21(26)33/h14-17,20H,4-13H2,1-3H3,(H2,26,33)(H,28,34)(H2,27,29,36)/t16?,17-,20+/m0/s1. The number of likely N-dealkylation sites (tertiary alicyclic amines) is 1. The van der Waals surface area contributed by atoms with Gasteiger partial charge in [-0.25, -0.2) is 4.79 Å². The molecule has 0 spiro atoms. The van der Waals surface area contributed by atoms with Crippen LogP contribution in [0, 0.1) is 17.3 Å². The summed E-state index contributed by atoms with van der Waals surface area (Å²) < 4.78 is 5.09. The van der Waals surface area contributed by atoms with Gasteiger partial charge in [-0.3, -0.25) is 24.0 Å². The van der Waals surface area contributed by atoms with Gasteiger partial charge in [0, 0.05) is 6.54 Å². The molecule has 1 unspecified atom stereocenters. The van der Waals surface area contributed by atoms with E-state index < -0.39 is 59.0 Å². The summed E-state index contributed by atoms with van der Waals surface area (Å²) in [5, 5.41) is 7.70. The summed E-state index contributed by atoms with van der Waals surface area (Å²) >= 11 is 0. The molecule has 5 amide bonds. The predicted octanol–water partition coefficient (Wildman–Crippen LogP) is -0.0162. The summed E-state index contributed by atoms with van der Waals surface area (Å²) in [5.41, 5.74) is 4.46. The average molecular weight is 522 g/mol. The van der Waals surface area contributed by atoms with E-state index in [1.165, 1.54) is 4.90 Å². The number of amides is 5. The van der Waals surface area contributed by atoms with Crippen molar-refractivity contribution in [3.63, 3.8) is 0 Å². The number of urea groups is 1. The largest absolute Gasteiger partial charge is 0.464 e. The topological polar surface area (TPSA) is 177 Å². The second-order valence-electron chi connectivity index (χ2n) is 11.4. The molecule has 3 atom stereocenters. The van der Waals surface area contributed by atoms with Gasteiger partial charge in [-0.1, -0.05) is 33.6 Å². The molecule has 12 heteroatoms. The van der Waals surface area contributed by atoms with Gasteiger partial charge in [0.2, 0.25) is 17.6 Å². The third kappa shape index (κ3) is 8.43. The highest BCUT2D eigenvalue weighted by molar-refractivity contribution is 6.37. The minimum Gasteiger partial charge on any atom is -0.464 e. The van der Waals surface area contributed by atoms with Crippen LogP contribution in [-0.2, 0) is 28.7 Å². The lowest BCUT2D eigenvalue weighted by molar-refractivity contribution is -0.143. The highest BCUT2D eigenvalue weighted by Gasteiger charge is 2.43. The van der Waals surface area contributed by atoms with Crippen LogP contribution in [0.15, 0.2) is 0 Å². The maximum Gasteiger partial charge on any atom is 0.325 e. The second-order valence-corrected chi connectivity index (χ2v) is 11.4. The first-order valence-corrected chi connectivity index (χ1v) is 13.0. The minimum absolute atomic E-state index is 0.258. The smallest absolute Gasteiger partial charge is 0.325 e. The molecule has 1 heterocycles. The Labute approximate surface area is 216 Å². The first-order chi connectivity index (χ1) is 17.4. The number of ether oxygens (including phenoxy) is 1. The van der Waals surface area contributed by atoms with Gasteiger partial charge in [-0.2, -0.15) is 0 Å². The molecule has 206 valence electrons. The van der Waals surface area contributed by atoms with Crippen LogP contribution < -0.4 is 21.7 Å². The van der Waals surface area contributed by atoms with Crippen molar-refractivity contribution in [2.45, 2.75) is 83.8 Å². The van der Waals surface area contributed by atoms with Crippen molar-refractivity contribution in [3.05, 3.63) is 0 Å². The van der Waals surface area contributed by atoms with Gasteiger partial charge in [0.15, 0.2) is 0 Å². The normalized spacial score (nSPS) is 20.9. The Hall–Kier alpha value is -3.18. The van der Waals surface area contributed by atoms with Crippen molar-refractivity contribution in [1.29, 1.82) is 0 Å². The highest BCUT2D eigenvalue weighted by atomic mass is 16.5. The number of esters is 1. The van der Waals surface area contributed by atoms with Gasteiger partial charge >= 0.3 is 12.0 Å². The van der Waals surface area contributed by atoms with E-state index in [1.807, 2.05) is 0 Å². The Bertz CT molecular complexity index is 923. The van der Waals surface area contributed by atoms with Gasteiger partial charge in [0.25, 0.3) is 5.91 Å². The maximum absolute atomic E-state index is 13.6. The van der Waals surface area contributed by atoms with Crippen LogP contribution in [0.5, 0.6) is 0 Å². The lowest BCUT2D eigenvalue weighted by Gasteiger charge is -2.35. The number of nitrogens with zero attached hydrogens (tertiary/aromatic N) is 1. The summed E-state index contributed by atoms with van der Waals surface area (Å²) in [5.74, 6) is -2.82. The highest BCUT2D eigenvalue weighted by Crippen LogP contribution is 2.34. The first-order valence-electron chi connectivity index (χ1n) is 13.0. The number of carbonyl (C=O) groups is 6. The van der Waals surface area contributed by atoms with Crippen LogP contribution in [0.2, 0.25) is 0 Å². The van der Waals surface area contributed by atoms with Crippen LogP contribution in [0.3, 0.4) is 0 Å². The van der Waals surface area contributed by atoms with Crippen molar-refractivity contribution < 1.29 is 33.5 Å². The lowest BCUT2D eigenvalue weighted by atomic mass is 9.85. The van der Waals surface area contributed by atoms with E-state index in [0.717, 1.165) is 25.7 Å². The molecule has 3 rings (SSSR count). The number of ketones is 1. The molecule has 0 radical (unpaired) electrons. The summed E-state index contributed by atoms with van der Waals surface area (Å²) in [6.07, 6.45) is 5.20. The van der Waals surface area contributed by atoms with Crippen LogP contribution in [0.4, 0.5) is 4.79 Å². The van der Waals surface area contributed by atoms with Crippen LogP contribution >= 0.6 is 0 Å². The molecule has 3 aliphatic rings. The average Bonchev–Trinajstić information content (AvgIpc) is 3.76. The summed E-state index contributed by atoms with van der Waals surface area (Å²) in [7, 11) is 0. The Morgan fingerprint density at radius 2 is 1.62 bits per heavy atom. The minimum atomic E-state index is -1.11. The van der Waals surface area contributed by atoms with Crippen molar-refractivity contribution in [3.8, 4) is 0 Å². The molecular formula is C25H39N5O7. The van der Waals surface area contributed by atoms with Crippen molar-refractivity contribution in [2.24, 2.45) is 23.0 Å². The number of nitrogens with one attached hydrogen (secondary N) is 3. The predicted molar refractivity (Wildman–Crippen MR) is 132 cm³/mol. The zero-order valence-electron chi connectivity index (χ0n) is 21.8. The van der Waals surface area contributed by atoms with Gasteiger partial charge < -0.3 is 31.3 Å². The number of hydrogen-bond donors (Lipinski definition) is 4. The van der Waals surface area contributed by atoms with Gasteiger partial charge in [0.1, 0.15) is 18.6 Å². The number of nitrogens with two attached hydrogens (primary N) is 1. The van der Waals surface area contributed by atoms with Gasteiger partial charge in [-0.15, -0.1) is 0 Å². The molecule has 1 saturated heterocycles. The molecule has 1 aliphatic heterocycles. The zero-order chi connectivity index (χ0) is 27.3. The number of hydrogen-bond acceptors (Lipinski definition) is 7. The maximum atomic E-state index is 13.6. The molecule has 0 aromatic rings. The summed E-state index contributed by atoms with van der Waals surface area (Å²) in [4.78, 5) is 76.2. The van der Waals surface area contributed by atoms with Crippen LogP contribution in [0.1, 0.15) is 65.7 Å². The monoisotopic (exact) mass is 521 g/mol. The molecule has 0 bridgehead atoms. The van der Waals surface area contributed by atoms with E-state index in [-0.39, 0.29) is 12.5 Å². The summed E-state index contributed by atoms with van der Waals surface area (Å²) in [6.45, 7) is 5.66. The van der Waals surface area contributed by atoms with Crippen LogP contribution in [-0.4, -0.2) is 78.2 Å². The van der Waals surface area contributed by atoms with Crippen molar-refractivity contribution >= 4 is 35.5 Å². The molecule has 5 N–H and O–H groups in total. The Kier molecular flexibility index (Phi) is 9.14. The van der Waals surface area contributed by atoms with Crippen molar-refractivity contribution in [1.82, 2.24) is 20.9 Å². The molecule has 37 heavy (non-hydrogen) atoms. The summed E-state index contributed by atoms with van der Waals surface area (Å²) in [6, 6.07) is -3.55. The van der Waals surface area contributed by atoms with Crippen molar-refractivity contribution in [2.75, 3.05) is 19.7 Å². The third-order valence-electron chi connectivity index (χ3n) is 6.94. The lowest BCUT2D eigenvalue weighted by Crippen LogP contribution is -2.60. The van der Waals surface area contributed by atoms with E-state index in [1.54, 1.807) is 20.8 Å². The molecule has 3 fully saturated rings. The quantitative estimate of drug-likeness (QED) is 0.206. The number of primary amides is 1. The van der Waals surface area contributed by atoms with E-state index in [9.17, 15) is 28.8 Å². The number of Topliss-reactive ketones (excluding diaryl/α,β-unsaturated/α-hetero) is 1. The fourth-order valence-electron chi connectivity index (χ4n) is 4.36. The van der Waals surface area contributed by atoms with E-state index in [0.29, 0.717) is 38.3 Å². The Balaban J connectivity index is 1.60. The SMILES string of the molecule is CC(C)(C)[C@H](NC(=O)NCC(=O)OCC1CC1)C(=O)N1CCC[C@H]1C(=O)NC(CC1CC1)C(=O)C(N)=O. The van der Waals surface area contributed by atoms with E-state index in [2.05, 4.69) is 16.0 Å². The second kappa shape index (κ2) is 11.9. The number of carbonyl (C=O) groups excluding carboxylic acids is 6. The van der Waals surface area contributed by atoms with Gasteiger partial charge in [0.05, 0.1) is 12.6 Å². The third-order valence-corrected chi connectivity index (χ3v) is 6.94. The van der Waals surface area contributed by atoms with E-state index in [4.69, 9.17) is 10.5 Å². The molecule has 0 aromatic heterocycles.